The first kappa shape index (κ1) is 9.36. The van der Waals surface area contributed by atoms with Gasteiger partial charge in [0.05, 0.1) is 36.3 Å². The van der Waals surface area contributed by atoms with Crippen molar-refractivity contribution in [3.05, 3.63) is 35.9 Å². The summed E-state index contributed by atoms with van der Waals surface area (Å²) in [5.74, 6) is 0. The Labute approximate surface area is 86.2 Å². The quantitative estimate of drug-likeness (QED) is 0.832. The zero-order valence-electron chi connectivity index (χ0n) is 7.79. The highest BCUT2D eigenvalue weighted by atomic mass is 32.1. The summed E-state index contributed by atoms with van der Waals surface area (Å²) < 4.78 is 10.0. The van der Waals surface area contributed by atoms with Crippen molar-refractivity contribution in [3.8, 4) is 0 Å². The fourth-order valence-corrected chi connectivity index (χ4v) is 1.80. The maximum Gasteiger partial charge on any atom is 0.0940 e. The number of nitrogens with zero attached hydrogens (tertiary/aromatic N) is 3. The maximum absolute atomic E-state index is 9.47. The van der Waals surface area contributed by atoms with E-state index in [0.29, 0.717) is 6.54 Å². The van der Waals surface area contributed by atoms with Crippen molar-refractivity contribution in [1.82, 2.24) is 13.3 Å². The van der Waals surface area contributed by atoms with Gasteiger partial charge < -0.3 is 9.67 Å². The van der Waals surface area contributed by atoms with Crippen molar-refractivity contribution in [3.63, 3.8) is 0 Å². The number of hydrogen-bond acceptors (Lipinski definition) is 4. The molecule has 0 saturated heterocycles. The highest BCUT2D eigenvalue weighted by Crippen LogP contribution is 2.14. The van der Waals surface area contributed by atoms with Crippen LogP contribution >= 0.6 is 11.7 Å². The Bertz CT molecular complexity index is 394. The van der Waals surface area contributed by atoms with E-state index in [1.807, 2.05) is 22.9 Å². The van der Waals surface area contributed by atoms with Crippen LogP contribution in [-0.2, 0) is 6.54 Å². The molecule has 2 aromatic rings. The topological polar surface area (TPSA) is 50.9 Å². The molecule has 0 aliphatic heterocycles. The molecule has 0 aromatic carbocycles. The number of aromatic nitrogens is 3. The molecule has 0 bridgehead atoms. The zero-order chi connectivity index (χ0) is 9.97. The second kappa shape index (κ2) is 3.89. The van der Waals surface area contributed by atoms with Gasteiger partial charge in [0, 0.05) is 11.9 Å². The van der Waals surface area contributed by atoms with Crippen LogP contribution in [0.2, 0.25) is 0 Å². The molecule has 0 aliphatic rings. The first-order chi connectivity index (χ1) is 6.77. The third-order valence-electron chi connectivity index (χ3n) is 2.03. The molecule has 0 spiro atoms. The molecule has 5 heteroatoms. The van der Waals surface area contributed by atoms with Crippen molar-refractivity contribution >= 4 is 11.7 Å². The lowest BCUT2D eigenvalue weighted by Crippen LogP contribution is -2.05. The Morgan fingerprint density at radius 1 is 1.64 bits per heavy atom. The van der Waals surface area contributed by atoms with E-state index in [1.165, 1.54) is 11.7 Å². The van der Waals surface area contributed by atoms with Gasteiger partial charge in [-0.15, -0.1) is 0 Å². The predicted molar refractivity (Wildman–Crippen MR) is 54.1 cm³/mol. The van der Waals surface area contributed by atoms with E-state index >= 15 is 0 Å². The standard InChI is InChI=1S/C9H11N3OS/c1-7(13)9-3-2-4-12(9)6-8-5-10-14-11-8/h2-5,7,13H,6H2,1H3. The van der Waals surface area contributed by atoms with Crippen molar-refractivity contribution in [1.29, 1.82) is 0 Å². The Balaban J connectivity index is 2.21. The van der Waals surface area contributed by atoms with E-state index in [1.54, 1.807) is 13.1 Å². The fourth-order valence-electron chi connectivity index (χ4n) is 1.38. The van der Waals surface area contributed by atoms with Gasteiger partial charge in [0.15, 0.2) is 0 Å². The summed E-state index contributed by atoms with van der Waals surface area (Å²) in [6, 6.07) is 3.83. The van der Waals surface area contributed by atoms with Gasteiger partial charge in [0.2, 0.25) is 0 Å². The van der Waals surface area contributed by atoms with E-state index in [4.69, 9.17) is 0 Å². The second-order valence-electron chi connectivity index (χ2n) is 3.14. The minimum Gasteiger partial charge on any atom is -0.387 e. The molecule has 0 aliphatic carbocycles. The highest BCUT2D eigenvalue weighted by Gasteiger charge is 2.07. The first-order valence-corrected chi connectivity index (χ1v) is 5.10. The second-order valence-corrected chi connectivity index (χ2v) is 3.69. The number of hydrogen-bond donors (Lipinski definition) is 1. The molecule has 1 unspecified atom stereocenters. The third-order valence-corrected chi connectivity index (χ3v) is 2.55. The van der Waals surface area contributed by atoms with Crippen LogP contribution in [0.3, 0.4) is 0 Å². The average molecular weight is 209 g/mol. The normalized spacial score (nSPS) is 13.0. The number of aliphatic hydroxyl groups excluding tert-OH is 1. The molecule has 14 heavy (non-hydrogen) atoms. The molecule has 2 heterocycles. The molecule has 74 valence electrons. The Morgan fingerprint density at radius 3 is 3.14 bits per heavy atom. The molecule has 2 rings (SSSR count). The summed E-state index contributed by atoms with van der Waals surface area (Å²) in [5, 5.41) is 9.47. The molecular weight excluding hydrogens is 198 g/mol. The van der Waals surface area contributed by atoms with Gasteiger partial charge in [0.25, 0.3) is 0 Å². The van der Waals surface area contributed by atoms with Crippen molar-refractivity contribution in [2.24, 2.45) is 0 Å². The average Bonchev–Trinajstić information content (AvgIpc) is 2.75. The SMILES string of the molecule is CC(O)c1cccn1Cc1cnsn1. The van der Waals surface area contributed by atoms with E-state index in [9.17, 15) is 5.11 Å². The molecule has 4 nitrogen and oxygen atoms in total. The summed E-state index contributed by atoms with van der Waals surface area (Å²) in [6.07, 6.45) is 3.23. The van der Waals surface area contributed by atoms with Crippen molar-refractivity contribution in [2.75, 3.05) is 0 Å². The Hall–Kier alpha value is -1.20. The first-order valence-electron chi connectivity index (χ1n) is 4.37. The van der Waals surface area contributed by atoms with Crippen LogP contribution in [0, 0.1) is 0 Å². The van der Waals surface area contributed by atoms with Gasteiger partial charge in [-0.25, -0.2) is 0 Å². The molecule has 2 aromatic heterocycles. The van der Waals surface area contributed by atoms with Gasteiger partial charge in [0.1, 0.15) is 0 Å². The highest BCUT2D eigenvalue weighted by molar-refractivity contribution is 6.99. The van der Waals surface area contributed by atoms with Crippen LogP contribution in [0.4, 0.5) is 0 Å². The summed E-state index contributed by atoms with van der Waals surface area (Å²) in [6.45, 7) is 2.43. The largest absolute Gasteiger partial charge is 0.387 e. The summed E-state index contributed by atoms with van der Waals surface area (Å²) >= 11 is 1.20. The molecule has 0 fully saturated rings. The minimum absolute atomic E-state index is 0.448. The predicted octanol–water partition coefficient (Wildman–Crippen LogP) is 1.44. The van der Waals surface area contributed by atoms with Crippen molar-refractivity contribution in [2.45, 2.75) is 19.6 Å². The van der Waals surface area contributed by atoms with Gasteiger partial charge in [-0.1, -0.05) is 0 Å². The number of rotatable bonds is 3. The minimum atomic E-state index is -0.448. The van der Waals surface area contributed by atoms with Gasteiger partial charge >= 0.3 is 0 Å². The molecular formula is C9H11N3OS. The molecule has 0 saturated carbocycles. The molecule has 0 radical (unpaired) electrons. The lowest BCUT2D eigenvalue weighted by Gasteiger charge is -2.09. The Morgan fingerprint density at radius 2 is 2.50 bits per heavy atom. The van der Waals surface area contributed by atoms with Crippen LogP contribution in [0.5, 0.6) is 0 Å². The van der Waals surface area contributed by atoms with Crippen LogP contribution in [0.25, 0.3) is 0 Å². The van der Waals surface area contributed by atoms with Crippen LogP contribution < -0.4 is 0 Å². The lowest BCUT2D eigenvalue weighted by atomic mass is 10.3. The Kier molecular flexibility index (Phi) is 2.60. The molecule has 1 atom stereocenters. The smallest absolute Gasteiger partial charge is 0.0940 e. The van der Waals surface area contributed by atoms with Crippen molar-refractivity contribution < 1.29 is 5.11 Å². The van der Waals surface area contributed by atoms with Crippen LogP contribution in [-0.4, -0.2) is 18.4 Å². The van der Waals surface area contributed by atoms with E-state index in [2.05, 4.69) is 8.75 Å². The van der Waals surface area contributed by atoms with Gasteiger partial charge in [-0.3, -0.25) is 0 Å². The summed E-state index contributed by atoms with van der Waals surface area (Å²) in [4.78, 5) is 0. The monoisotopic (exact) mass is 209 g/mol. The van der Waals surface area contributed by atoms with Crippen LogP contribution in [0.1, 0.15) is 24.4 Å². The lowest BCUT2D eigenvalue weighted by molar-refractivity contribution is 0.189. The summed E-state index contributed by atoms with van der Waals surface area (Å²) in [7, 11) is 0. The fraction of sp³-hybridized carbons (Fsp3) is 0.333. The van der Waals surface area contributed by atoms with Gasteiger partial charge in [-0.2, -0.15) is 8.75 Å². The number of aliphatic hydroxyl groups is 1. The van der Waals surface area contributed by atoms with E-state index < -0.39 is 6.10 Å². The third kappa shape index (κ3) is 1.83. The van der Waals surface area contributed by atoms with E-state index in [0.717, 1.165) is 11.4 Å². The molecule has 1 N–H and O–H groups in total. The molecule has 0 amide bonds. The zero-order valence-corrected chi connectivity index (χ0v) is 8.61. The maximum atomic E-state index is 9.47. The van der Waals surface area contributed by atoms with E-state index in [-0.39, 0.29) is 0 Å². The summed E-state index contributed by atoms with van der Waals surface area (Å²) in [5.41, 5.74) is 1.83. The van der Waals surface area contributed by atoms with Gasteiger partial charge in [-0.05, 0) is 19.1 Å². The van der Waals surface area contributed by atoms with Crippen LogP contribution in [0.15, 0.2) is 24.5 Å².